The highest BCUT2D eigenvalue weighted by atomic mass is 16.6. The van der Waals surface area contributed by atoms with Gasteiger partial charge in [0, 0.05) is 58.5 Å². The van der Waals surface area contributed by atoms with Gasteiger partial charge < -0.3 is 48.6 Å². The number of hydrogen-bond acceptors (Lipinski definition) is 14. The zero-order valence-electron chi connectivity index (χ0n) is 42.4. The van der Waals surface area contributed by atoms with Crippen LogP contribution < -0.4 is 0 Å². The second kappa shape index (κ2) is 27.3. The second-order valence-corrected chi connectivity index (χ2v) is 20.2. The molecule has 384 valence electrons. The second-order valence-electron chi connectivity index (χ2n) is 20.2. The Balaban J connectivity index is 1.70. The third-order valence-corrected chi connectivity index (χ3v) is 14.9. The van der Waals surface area contributed by atoms with E-state index in [4.69, 9.17) is 28.4 Å². The summed E-state index contributed by atoms with van der Waals surface area (Å²) in [5.41, 5.74) is 1.26. The number of nitrogens with zero attached hydrogens (tertiary/aromatic N) is 1. The highest BCUT2D eigenvalue weighted by Gasteiger charge is 2.53. The van der Waals surface area contributed by atoms with Crippen LogP contribution in [-0.2, 0) is 52.4 Å². The molecule has 1 aliphatic carbocycles. The number of piperidine rings is 1. The number of ketones is 3. The minimum atomic E-state index is -2.43. The molecule has 1 saturated carbocycles. The van der Waals surface area contributed by atoms with Crippen LogP contribution in [0.4, 0.5) is 0 Å². The lowest BCUT2D eigenvalue weighted by atomic mass is 9.78. The van der Waals surface area contributed by atoms with Gasteiger partial charge >= 0.3 is 5.97 Å². The fourth-order valence-corrected chi connectivity index (χ4v) is 10.5. The zero-order chi connectivity index (χ0) is 50.3. The zero-order valence-corrected chi connectivity index (χ0v) is 42.4. The molecule has 0 aromatic carbocycles. The maximum Gasteiger partial charge on any atom is 0.329 e. The number of methoxy groups -OCH3 is 3. The SMILES string of the molecule is COC1C(=O)[C@H](C)C[C@H](C)/C=C/C=C/C=C(\C)[C@@H](OC)C[C@@H]2CC[C@@H](C)[C@@](O)(O2)C(=O)C(=O)N2CCCC[C@H]2C(=O)O[C@H]([C@H](C)C[C@@H]2CC[C@@H](OCCO)[C@H](OC)C2)CC(=O)[C@H](C)/C=C(\C)[C@H]1O. The first-order valence-corrected chi connectivity index (χ1v) is 25.0. The molecule has 1 amide bonds. The number of carbonyl (C=O) groups excluding carboxylic acids is 5. The van der Waals surface area contributed by atoms with Crippen LogP contribution in [0.5, 0.6) is 0 Å². The molecule has 4 aliphatic rings. The van der Waals surface area contributed by atoms with E-state index in [1.807, 2.05) is 58.1 Å². The van der Waals surface area contributed by atoms with E-state index in [2.05, 4.69) is 0 Å². The average Bonchev–Trinajstić information content (AvgIpc) is 3.32. The summed E-state index contributed by atoms with van der Waals surface area (Å²) in [7, 11) is 4.58. The van der Waals surface area contributed by atoms with E-state index in [1.165, 1.54) is 12.0 Å². The van der Waals surface area contributed by atoms with Crippen molar-refractivity contribution in [3.8, 4) is 0 Å². The fourth-order valence-electron chi connectivity index (χ4n) is 10.5. The summed E-state index contributed by atoms with van der Waals surface area (Å²) in [5.74, 6) is -7.96. The van der Waals surface area contributed by atoms with Crippen LogP contribution in [-0.4, -0.2) is 145 Å². The van der Waals surface area contributed by atoms with Crippen molar-refractivity contribution in [2.75, 3.05) is 41.1 Å². The lowest BCUT2D eigenvalue weighted by Crippen LogP contribution is -2.61. The van der Waals surface area contributed by atoms with Crippen LogP contribution in [0.1, 0.15) is 126 Å². The third-order valence-electron chi connectivity index (χ3n) is 14.9. The van der Waals surface area contributed by atoms with Crippen LogP contribution in [0.3, 0.4) is 0 Å². The summed E-state index contributed by atoms with van der Waals surface area (Å²) in [6.45, 7) is 12.9. The van der Waals surface area contributed by atoms with E-state index < -0.39 is 77.8 Å². The minimum Gasteiger partial charge on any atom is -0.460 e. The van der Waals surface area contributed by atoms with Crippen LogP contribution >= 0.6 is 0 Å². The lowest BCUT2D eigenvalue weighted by Gasteiger charge is -2.42. The standard InChI is InChI=1S/C53H83NO14/c1-32-16-12-11-13-17-33(2)44(63-8)30-40-21-19-38(7)53(62,68-40)50(59)51(60)54-23-15-14-18-41(54)52(61)67-45(35(4)28-39-20-22-43(66-25-24-55)46(29-39)64-9)31-42(56)34(3)27-37(6)48(58)49(65-10)47(57)36(5)26-32/h11-13,16-17,27,32,34-36,38-41,43-46,48-49,55,58,62H,14-15,18-26,28-31H2,1-10H3/b13-11+,16-12+,33-17+,37-27+/t32-,34-,35-,36-,38-,39+,40+,41+,43-,44+,45+,46-,48-,49?,53-/m1/s1. The number of allylic oxidation sites excluding steroid dienone is 6. The molecule has 2 bridgehead atoms. The van der Waals surface area contributed by atoms with Gasteiger partial charge in [-0.05, 0) is 107 Å². The van der Waals surface area contributed by atoms with Gasteiger partial charge in [0.25, 0.3) is 11.7 Å². The number of esters is 1. The molecular formula is C53H83NO14. The topological polar surface area (TPSA) is 205 Å². The first-order valence-electron chi connectivity index (χ1n) is 25.0. The quantitative estimate of drug-likeness (QED) is 0.134. The van der Waals surface area contributed by atoms with Crippen LogP contribution in [0.15, 0.2) is 47.6 Å². The van der Waals surface area contributed by atoms with E-state index in [9.17, 15) is 39.3 Å². The van der Waals surface area contributed by atoms with Crippen molar-refractivity contribution < 1.29 is 67.7 Å². The van der Waals surface area contributed by atoms with Crippen molar-refractivity contribution in [1.29, 1.82) is 0 Å². The lowest BCUT2D eigenvalue weighted by molar-refractivity contribution is -0.265. The molecule has 15 heteroatoms. The Bertz CT molecular complexity index is 1810. The molecule has 4 rings (SSSR count). The summed E-state index contributed by atoms with van der Waals surface area (Å²) < 4.78 is 35.6. The maximum absolute atomic E-state index is 14.5. The largest absolute Gasteiger partial charge is 0.460 e. The molecule has 3 aliphatic heterocycles. The van der Waals surface area contributed by atoms with Gasteiger partial charge in [0.15, 0.2) is 5.78 Å². The number of carbonyl (C=O) groups is 5. The maximum atomic E-state index is 14.5. The normalized spacial score (nSPS) is 39.2. The van der Waals surface area contributed by atoms with E-state index >= 15 is 0 Å². The number of amides is 1. The van der Waals surface area contributed by atoms with Crippen molar-refractivity contribution in [3.05, 3.63) is 47.6 Å². The summed E-state index contributed by atoms with van der Waals surface area (Å²) in [6, 6.07) is -1.14. The number of aliphatic hydroxyl groups excluding tert-OH is 2. The third kappa shape index (κ3) is 15.3. The van der Waals surface area contributed by atoms with Crippen LogP contribution in [0, 0.1) is 35.5 Å². The molecule has 0 radical (unpaired) electrons. The van der Waals surface area contributed by atoms with Gasteiger partial charge in [-0.25, -0.2) is 4.79 Å². The predicted octanol–water partition coefficient (Wildman–Crippen LogP) is 6.20. The van der Waals surface area contributed by atoms with Crippen molar-refractivity contribution >= 4 is 29.2 Å². The Hall–Kier alpha value is -3.41. The number of hydrogen-bond donors (Lipinski definition) is 3. The molecule has 3 fully saturated rings. The molecule has 3 heterocycles. The summed E-state index contributed by atoms with van der Waals surface area (Å²) in [6.07, 6.45) is 12.0. The molecule has 0 spiro atoms. The molecule has 68 heavy (non-hydrogen) atoms. The van der Waals surface area contributed by atoms with Crippen LogP contribution in [0.2, 0.25) is 0 Å². The smallest absolute Gasteiger partial charge is 0.329 e. The van der Waals surface area contributed by atoms with Gasteiger partial charge in [0.05, 0.1) is 37.6 Å². The number of cyclic esters (lactones) is 1. The first-order chi connectivity index (χ1) is 32.3. The number of ether oxygens (including phenoxy) is 6. The van der Waals surface area contributed by atoms with E-state index in [0.29, 0.717) is 63.4 Å². The highest BCUT2D eigenvalue weighted by Crippen LogP contribution is 2.38. The van der Waals surface area contributed by atoms with E-state index in [1.54, 1.807) is 41.1 Å². The number of fused-ring (bicyclic) bond motifs is 3. The Kier molecular flexibility index (Phi) is 22.9. The summed E-state index contributed by atoms with van der Waals surface area (Å²) >= 11 is 0. The summed E-state index contributed by atoms with van der Waals surface area (Å²) in [5, 5.41) is 32.8. The highest BCUT2D eigenvalue weighted by molar-refractivity contribution is 6.39. The van der Waals surface area contributed by atoms with Crippen molar-refractivity contribution in [2.24, 2.45) is 35.5 Å². The van der Waals surface area contributed by atoms with Crippen molar-refractivity contribution in [2.45, 2.75) is 180 Å². The molecular weight excluding hydrogens is 875 g/mol. The van der Waals surface area contributed by atoms with Gasteiger partial charge in [0.2, 0.25) is 5.79 Å². The van der Waals surface area contributed by atoms with Crippen molar-refractivity contribution in [3.63, 3.8) is 0 Å². The molecule has 15 atom stereocenters. The number of Topliss-reactive ketones (excluding diaryl/α,β-unsaturated/α-hetero) is 3. The monoisotopic (exact) mass is 958 g/mol. The van der Waals surface area contributed by atoms with Gasteiger partial charge in [-0.3, -0.25) is 19.2 Å². The average molecular weight is 958 g/mol. The molecule has 0 aromatic heterocycles. The Morgan fingerprint density at radius 2 is 1.59 bits per heavy atom. The number of rotatable bonds is 9. The molecule has 1 unspecified atom stereocenters. The Labute approximate surface area is 405 Å². The van der Waals surface area contributed by atoms with Crippen LogP contribution in [0.25, 0.3) is 0 Å². The number of aliphatic hydroxyl groups is 3. The molecule has 2 saturated heterocycles. The van der Waals surface area contributed by atoms with Gasteiger partial charge in [-0.1, -0.05) is 71.1 Å². The Morgan fingerprint density at radius 3 is 2.26 bits per heavy atom. The van der Waals surface area contributed by atoms with Gasteiger partial charge in [0.1, 0.15) is 30.1 Å². The molecule has 0 aromatic rings. The van der Waals surface area contributed by atoms with Crippen molar-refractivity contribution in [1.82, 2.24) is 4.90 Å². The van der Waals surface area contributed by atoms with Gasteiger partial charge in [-0.2, -0.15) is 0 Å². The Morgan fingerprint density at radius 1 is 0.853 bits per heavy atom. The predicted molar refractivity (Wildman–Crippen MR) is 256 cm³/mol. The summed E-state index contributed by atoms with van der Waals surface area (Å²) in [4.78, 5) is 72.1. The minimum absolute atomic E-state index is 0.0158. The first kappa shape index (κ1) is 57.2. The van der Waals surface area contributed by atoms with E-state index in [-0.39, 0.29) is 74.1 Å². The molecule has 3 N–H and O–H groups in total. The fraction of sp³-hybridized carbons (Fsp3) is 0.755. The van der Waals surface area contributed by atoms with Gasteiger partial charge in [-0.15, -0.1) is 0 Å². The van der Waals surface area contributed by atoms with E-state index in [0.717, 1.165) is 12.0 Å². The molecule has 15 nitrogen and oxygen atoms in total.